The molecule has 4 nitrogen and oxygen atoms in total. The molecule has 1 aromatic rings. The molecule has 1 fully saturated rings. The highest BCUT2D eigenvalue weighted by molar-refractivity contribution is 7.99. The molecule has 1 aromatic heterocycles. The molecule has 0 spiro atoms. The second kappa shape index (κ2) is 7.01. The minimum absolute atomic E-state index is 0.206. The number of aromatic nitrogens is 1. The summed E-state index contributed by atoms with van der Waals surface area (Å²) < 4.78 is 0. The third kappa shape index (κ3) is 4.28. The summed E-state index contributed by atoms with van der Waals surface area (Å²) in [4.78, 5) is 15.8. The molecule has 1 heterocycles. The summed E-state index contributed by atoms with van der Waals surface area (Å²) in [5.74, 6) is 1.13. The minimum Gasteiger partial charge on any atom is -0.335 e. The predicted octanol–water partition coefficient (Wildman–Crippen LogP) is 3.53. The zero-order valence-corrected chi connectivity index (χ0v) is 12.4. The average Bonchev–Trinajstić information content (AvgIpc) is 2.80. The van der Waals surface area contributed by atoms with Gasteiger partial charge in [-0.25, -0.2) is 9.78 Å². The number of pyridine rings is 1. The van der Waals surface area contributed by atoms with Crippen molar-refractivity contribution < 1.29 is 4.79 Å². The van der Waals surface area contributed by atoms with E-state index in [2.05, 4.69) is 22.5 Å². The van der Waals surface area contributed by atoms with E-state index < -0.39 is 0 Å². The van der Waals surface area contributed by atoms with Gasteiger partial charge in [-0.3, -0.25) is 0 Å². The Bertz CT molecular complexity index is 444. The summed E-state index contributed by atoms with van der Waals surface area (Å²) in [6.45, 7) is 2.17. The molecule has 6 heteroatoms. The molecule has 1 saturated carbocycles. The van der Waals surface area contributed by atoms with Crippen molar-refractivity contribution in [2.45, 2.75) is 37.5 Å². The van der Waals surface area contributed by atoms with Crippen molar-refractivity contribution in [3.63, 3.8) is 0 Å². The average molecular weight is 300 g/mol. The maximum Gasteiger partial charge on any atom is 0.319 e. The van der Waals surface area contributed by atoms with Gasteiger partial charge in [-0.05, 0) is 37.1 Å². The van der Waals surface area contributed by atoms with Crippen molar-refractivity contribution in [1.29, 1.82) is 0 Å². The van der Waals surface area contributed by atoms with Crippen LogP contribution in [0.4, 0.5) is 10.5 Å². The first-order valence-corrected chi connectivity index (χ1v) is 7.91. The van der Waals surface area contributed by atoms with Crippen LogP contribution < -0.4 is 10.6 Å². The standard InChI is InChI=1S/C13H18ClN3OS/c1-2-19-10-6-5-9(8-10)16-13(18)17-11-4-3-7-15-12(11)14/h3-4,7,9-10H,2,5-6,8H2,1H3,(H2,16,17,18)/t9-,10-/m1/s1. The van der Waals surface area contributed by atoms with Crippen molar-refractivity contribution >= 4 is 35.1 Å². The second-order valence-corrected chi connectivity index (χ2v) is 6.46. The summed E-state index contributed by atoms with van der Waals surface area (Å²) in [5.41, 5.74) is 0.541. The van der Waals surface area contributed by atoms with E-state index in [-0.39, 0.29) is 12.1 Å². The fraction of sp³-hybridized carbons (Fsp3) is 0.538. The van der Waals surface area contributed by atoms with Crippen molar-refractivity contribution in [1.82, 2.24) is 10.3 Å². The Balaban J connectivity index is 1.81. The third-order valence-corrected chi connectivity index (χ3v) is 4.66. The summed E-state index contributed by atoms with van der Waals surface area (Å²) in [6, 6.07) is 3.53. The van der Waals surface area contributed by atoms with Crippen molar-refractivity contribution in [3.8, 4) is 0 Å². The lowest BCUT2D eigenvalue weighted by Crippen LogP contribution is -2.36. The topological polar surface area (TPSA) is 54.0 Å². The number of nitrogens with one attached hydrogen (secondary N) is 2. The van der Waals surface area contributed by atoms with Crippen LogP contribution in [0.5, 0.6) is 0 Å². The monoisotopic (exact) mass is 299 g/mol. The largest absolute Gasteiger partial charge is 0.335 e. The van der Waals surface area contributed by atoms with Crippen LogP contribution in [0.1, 0.15) is 26.2 Å². The van der Waals surface area contributed by atoms with E-state index in [1.54, 1.807) is 18.3 Å². The number of halogens is 1. The summed E-state index contributed by atoms with van der Waals surface area (Å²) in [7, 11) is 0. The highest BCUT2D eigenvalue weighted by atomic mass is 35.5. The van der Waals surface area contributed by atoms with Crippen LogP contribution in [-0.4, -0.2) is 28.1 Å². The fourth-order valence-corrected chi connectivity index (χ4v) is 3.59. The van der Waals surface area contributed by atoms with Crippen LogP contribution in [0.25, 0.3) is 0 Å². The van der Waals surface area contributed by atoms with Gasteiger partial charge in [-0.2, -0.15) is 11.8 Å². The molecule has 2 amide bonds. The van der Waals surface area contributed by atoms with E-state index in [0.717, 1.165) is 18.6 Å². The quantitative estimate of drug-likeness (QED) is 0.836. The van der Waals surface area contributed by atoms with E-state index in [4.69, 9.17) is 11.6 Å². The van der Waals surface area contributed by atoms with Crippen LogP contribution in [-0.2, 0) is 0 Å². The number of anilines is 1. The molecule has 0 saturated heterocycles. The maximum atomic E-state index is 11.9. The number of carbonyl (C=O) groups is 1. The number of rotatable bonds is 4. The predicted molar refractivity (Wildman–Crippen MR) is 81.0 cm³/mol. The van der Waals surface area contributed by atoms with Crippen LogP contribution in [0.3, 0.4) is 0 Å². The van der Waals surface area contributed by atoms with E-state index in [9.17, 15) is 4.79 Å². The van der Waals surface area contributed by atoms with Gasteiger partial charge in [0, 0.05) is 17.5 Å². The number of carbonyl (C=O) groups excluding carboxylic acids is 1. The van der Waals surface area contributed by atoms with Gasteiger partial charge in [0.25, 0.3) is 0 Å². The molecule has 2 N–H and O–H groups in total. The molecule has 1 aliphatic rings. The Labute approximate surface area is 122 Å². The molecule has 0 unspecified atom stereocenters. The third-order valence-electron chi connectivity index (χ3n) is 3.13. The van der Waals surface area contributed by atoms with E-state index in [0.29, 0.717) is 16.1 Å². The number of hydrogen-bond acceptors (Lipinski definition) is 3. The highest BCUT2D eigenvalue weighted by Gasteiger charge is 2.25. The Morgan fingerprint density at radius 2 is 2.42 bits per heavy atom. The molecule has 1 aliphatic carbocycles. The first-order valence-electron chi connectivity index (χ1n) is 6.48. The normalized spacial score (nSPS) is 22.2. The van der Waals surface area contributed by atoms with Gasteiger partial charge in [0.1, 0.15) is 0 Å². The Morgan fingerprint density at radius 1 is 1.58 bits per heavy atom. The van der Waals surface area contributed by atoms with Crippen LogP contribution in [0.2, 0.25) is 5.15 Å². The van der Waals surface area contributed by atoms with Gasteiger partial charge in [-0.1, -0.05) is 18.5 Å². The zero-order valence-electron chi connectivity index (χ0n) is 10.9. The Hall–Kier alpha value is -0.940. The maximum absolute atomic E-state index is 11.9. The second-order valence-electron chi connectivity index (χ2n) is 4.53. The fourth-order valence-electron chi connectivity index (χ4n) is 2.28. The number of nitrogens with zero attached hydrogens (tertiary/aromatic N) is 1. The van der Waals surface area contributed by atoms with Crippen LogP contribution in [0, 0.1) is 0 Å². The molecule has 0 aliphatic heterocycles. The molecular formula is C13H18ClN3OS. The van der Waals surface area contributed by atoms with Crippen LogP contribution in [0.15, 0.2) is 18.3 Å². The molecule has 19 heavy (non-hydrogen) atoms. The molecular weight excluding hydrogens is 282 g/mol. The lowest BCUT2D eigenvalue weighted by Gasteiger charge is -2.14. The Morgan fingerprint density at radius 3 is 3.16 bits per heavy atom. The smallest absolute Gasteiger partial charge is 0.319 e. The van der Waals surface area contributed by atoms with Gasteiger partial charge in [0.05, 0.1) is 5.69 Å². The van der Waals surface area contributed by atoms with Gasteiger partial charge < -0.3 is 10.6 Å². The van der Waals surface area contributed by atoms with E-state index in [1.165, 1.54) is 6.42 Å². The van der Waals surface area contributed by atoms with E-state index in [1.807, 2.05) is 11.8 Å². The number of urea groups is 1. The van der Waals surface area contributed by atoms with Gasteiger partial charge in [0.15, 0.2) is 5.15 Å². The summed E-state index contributed by atoms with van der Waals surface area (Å²) in [6.07, 6.45) is 4.87. The van der Waals surface area contributed by atoms with Crippen molar-refractivity contribution in [2.24, 2.45) is 0 Å². The molecule has 2 rings (SSSR count). The first kappa shape index (κ1) is 14.5. The lowest BCUT2D eigenvalue weighted by atomic mass is 10.2. The van der Waals surface area contributed by atoms with Gasteiger partial charge in [-0.15, -0.1) is 0 Å². The SMILES string of the molecule is CCS[C@@H]1CC[C@@H](NC(=O)Nc2cccnc2Cl)C1. The molecule has 2 atom stereocenters. The van der Waals surface area contributed by atoms with Gasteiger partial charge in [0.2, 0.25) is 0 Å². The minimum atomic E-state index is -0.206. The van der Waals surface area contributed by atoms with Gasteiger partial charge >= 0.3 is 6.03 Å². The summed E-state index contributed by atoms with van der Waals surface area (Å²) in [5, 5.41) is 6.71. The van der Waals surface area contributed by atoms with Crippen molar-refractivity contribution in [2.75, 3.05) is 11.1 Å². The number of hydrogen-bond donors (Lipinski definition) is 2. The molecule has 0 bridgehead atoms. The highest BCUT2D eigenvalue weighted by Crippen LogP contribution is 2.29. The zero-order chi connectivity index (χ0) is 13.7. The Kier molecular flexibility index (Phi) is 5.34. The molecule has 104 valence electrons. The van der Waals surface area contributed by atoms with Crippen molar-refractivity contribution in [3.05, 3.63) is 23.5 Å². The first-order chi connectivity index (χ1) is 9.19. The molecule has 0 radical (unpaired) electrons. The number of thioether (sulfide) groups is 1. The number of amides is 2. The molecule has 0 aromatic carbocycles. The summed E-state index contributed by atoms with van der Waals surface area (Å²) >= 11 is 7.87. The van der Waals surface area contributed by atoms with Crippen LogP contribution >= 0.6 is 23.4 Å². The van der Waals surface area contributed by atoms with E-state index >= 15 is 0 Å². The lowest BCUT2D eigenvalue weighted by molar-refractivity contribution is 0.248.